The smallest absolute Gasteiger partial charge is 0.214 e. The Balaban J connectivity index is -0.000000122. The Morgan fingerprint density at radius 1 is 1.14 bits per heavy atom. The second-order valence-corrected chi connectivity index (χ2v) is 2.30. The quantitative estimate of drug-likeness (QED) is 0.744. The number of amides is 1. The molecule has 1 aromatic heterocycles. The van der Waals surface area contributed by atoms with Crippen LogP contribution in [-0.2, 0) is 4.79 Å². The molecule has 0 radical (unpaired) electrons. The molecule has 1 amide bonds. The fraction of sp³-hybridized carbons (Fsp3) is 0.600. The molecule has 126 valence electrons. The van der Waals surface area contributed by atoms with Crippen molar-refractivity contribution in [2.75, 3.05) is 25.6 Å². The number of aliphatic hydroxyl groups is 2. The normalized spacial score (nSPS) is 6.90. The molecule has 1 rings (SSSR count). The van der Waals surface area contributed by atoms with Gasteiger partial charge in [-0.2, -0.15) is 0 Å². The molecule has 21 heavy (non-hydrogen) atoms. The van der Waals surface area contributed by atoms with E-state index in [1.165, 1.54) is 7.11 Å². The van der Waals surface area contributed by atoms with Gasteiger partial charge in [-0.1, -0.05) is 41.5 Å². The van der Waals surface area contributed by atoms with Crippen LogP contribution < -0.4 is 10.1 Å². The van der Waals surface area contributed by atoms with Gasteiger partial charge in [0, 0.05) is 18.0 Å². The second-order valence-electron chi connectivity index (χ2n) is 2.30. The van der Waals surface area contributed by atoms with Crippen LogP contribution >= 0.6 is 0 Å². The molecule has 0 aliphatic rings. The highest BCUT2D eigenvalue weighted by Crippen LogP contribution is 2.11. The highest BCUT2D eigenvalue weighted by atomic mass is 16.5. The van der Waals surface area contributed by atoms with E-state index in [0.29, 0.717) is 18.0 Å². The first kappa shape index (κ1) is 27.6. The first-order chi connectivity index (χ1) is 10.3. The molecule has 0 fully saturated rings. The summed E-state index contributed by atoms with van der Waals surface area (Å²) < 4.78 is 4.83. The number of methoxy groups -OCH3 is 1. The van der Waals surface area contributed by atoms with Crippen molar-refractivity contribution in [3.63, 3.8) is 0 Å². The zero-order chi connectivity index (χ0) is 17.5. The molecule has 6 nitrogen and oxygen atoms in total. The van der Waals surface area contributed by atoms with E-state index in [1.807, 2.05) is 41.5 Å². The average Bonchev–Trinajstić information content (AvgIpc) is 2.61. The van der Waals surface area contributed by atoms with Crippen molar-refractivity contribution in [2.45, 2.75) is 41.5 Å². The first-order valence-corrected chi connectivity index (χ1v) is 7.20. The maximum atomic E-state index is 10.0. The van der Waals surface area contributed by atoms with Crippen molar-refractivity contribution in [1.29, 1.82) is 0 Å². The number of aromatic nitrogens is 1. The molecule has 3 N–H and O–H groups in total. The fourth-order valence-electron chi connectivity index (χ4n) is 0.679. The van der Waals surface area contributed by atoms with Gasteiger partial charge in [0.25, 0.3) is 0 Å². The van der Waals surface area contributed by atoms with Gasteiger partial charge in [-0.15, -0.1) is 0 Å². The number of pyridine rings is 1. The number of hydrogen-bond donors (Lipinski definition) is 3. The van der Waals surface area contributed by atoms with Gasteiger partial charge >= 0.3 is 0 Å². The number of nitrogens with one attached hydrogen (secondary N) is 1. The maximum Gasteiger partial charge on any atom is 0.214 e. The van der Waals surface area contributed by atoms with Crippen molar-refractivity contribution < 1.29 is 19.7 Å². The molecule has 1 aromatic rings. The number of rotatable bonds is 4. The topological polar surface area (TPSA) is 91.7 Å². The molecule has 0 aliphatic heterocycles. The van der Waals surface area contributed by atoms with Crippen LogP contribution in [-0.4, -0.2) is 41.9 Å². The molecule has 0 aliphatic carbocycles. The molecule has 0 atom stereocenters. The molecule has 0 spiro atoms. The minimum Gasteiger partial charge on any atom is -0.481 e. The number of nitrogens with zero attached hydrogens (tertiary/aromatic N) is 1. The third-order valence-corrected chi connectivity index (χ3v) is 1.27. The van der Waals surface area contributed by atoms with Crippen LogP contribution in [0.25, 0.3) is 0 Å². The molecule has 0 bridgehead atoms. The standard InChI is InChI=1S/C7H8N2O2.C2H6O2.3C2H6/c1-11-7-4-6(9-5-10)2-3-8-7;3-1-2-4;3*1-2/h2-5H,1H3,(H,8,9,10);3-4H,1-2H2;3*1-2H3. The van der Waals surface area contributed by atoms with Crippen molar-refractivity contribution in [1.82, 2.24) is 4.98 Å². The number of carbonyl (C=O) groups excluding carboxylic acids is 1. The fourth-order valence-corrected chi connectivity index (χ4v) is 0.679. The molecule has 1 heterocycles. The van der Waals surface area contributed by atoms with Crippen LogP contribution in [0.5, 0.6) is 5.88 Å². The summed E-state index contributed by atoms with van der Waals surface area (Å²) in [5.41, 5.74) is 0.673. The van der Waals surface area contributed by atoms with Crippen LogP contribution in [0.4, 0.5) is 5.69 Å². The number of anilines is 1. The summed E-state index contributed by atoms with van der Waals surface area (Å²) in [6, 6.07) is 3.31. The zero-order valence-corrected chi connectivity index (χ0v) is 14.4. The van der Waals surface area contributed by atoms with Crippen molar-refractivity contribution in [2.24, 2.45) is 0 Å². The first-order valence-electron chi connectivity index (χ1n) is 7.20. The van der Waals surface area contributed by atoms with E-state index in [4.69, 9.17) is 14.9 Å². The number of ether oxygens (including phenoxy) is 1. The van der Waals surface area contributed by atoms with E-state index >= 15 is 0 Å². The maximum absolute atomic E-state index is 10.0. The lowest BCUT2D eigenvalue weighted by Crippen LogP contribution is -1.94. The van der Waals surface area contributed by atoms with E-state index < -0.39 is 0 Å². The number of aliphatic hydroxyl groups excluding tert-OH is 2. The van der Waals surface area contributed by atoms with Crippen LogP contribution in [0.2, 0.25) is 0 Å². The average molecular weight is 304 g/mol. The monoisotopic (exact) mass is 304 g/mol. The third kappa shape index (κ3) is 23.8. The molecule has 0 unspecified atom stereocenters. The van der Waals surface area contributed by atoms with Gasteiger partial charge in [0.2, 0.25) is 12.3 Å². The molecule has 6 heteroatoms. The lowest BCUT2D eigenvalue weighted by atomic mass is 10.4. The molecule has 0 saturated carbocycles. The van der Waals surface area contributed by atoms with E-state index in [0.717, 1.165) is 0 Å². The van der Waals surface area contributed by atoms with Gasteiger partial charge in [-0.25, -0.2) is 4.98 Å². The Labute approximate surface area is 129 Å². The highest BCUT2D eigenvalue weighted by Gasteiger charge is 1.93. The summed E-state index contributed by atoms with van der Waals surface area (Å²) in [7, 11) is 1.52. The summed E-state index contributed by atoms with van der Waals surface area (Å²) in [5.74, 6) is 0.483. The van der Waals surface area contributed by atoms with E-state index in [9.17, 15) is 4.79 Å². The van der Waals surface area contributed by atoms with Gasteiger partial charge in [-0.05, 0) is 6.07 Å². The predicted octanol–water partition coefficient (Wildman–Crippen LogP) is 2.71. The highest BCUT2D eigenvalue weighted by molar-refractivity contribution is 5.71. The van der Waals surface area contributed by atoms with Crippen LogP contribution in [0, 0.1) is 0 Å². The zero-order valence-electron chi connectivity index (χ0n) is 14.4. The van der Waals surface area contributed by atoms with Gasteiger partial charge in [-0.3, -0.25) is 4.79 Å². The number of carbonyl (C=O) groups is 1. The minimum atomic E-state index is -0.125. The van der Waals surface area contributed by atoms with Gasteiger partial charge in [0.05, 0.1) is 20.3 Å². The summed E-state index contributed by atoms with van der Waals surface area (Å²) >= 11 is 0. The van der Waals surface area contributed by atoms with Gasteiger partial charge < -0.3 is 20.3 Å². The molecular formula is C15H32N2O4. The SMILES string of the molecule is CC.CC.CC.COc1cc(NC=O)ccn1.OCCO. The third-order valence-electron chi connectivity index (χ3n) is 1.27. The molecule has 0 saturated heterocycles. The van der Waals surface area contributed by atoms with Crippen LogP contribution in [0.3, 0.4) is 0 Å². The second kappa shape index (κ2) is 31.0. The largest absolute Gasteiger partial charge is 0.481 e. The van der Waals surface area contributed by atoms with Gasteiger partial charge in [0.15, 0.2) is 0 Å². The summed E-state index contributed by atoms with van der Waals surface area (Å²) in [6.45, 7) is 11.8. The lowest BCUT2D eigenvalue weighted by Gasteiger charge is -2.00. The van der Waals surface area contributed by atoms with E-state index in [2.05, 4.69) is 10.3 Å². The lowest BCUT2D eigenvalue weighted by molar-refractivity contribution is -0.105. The van der Waals surface area contributed by atoms with Crippen molar-refractivity contribution in [3.05, 3.63) is 18.3 Å². The number of hydrogen-bond acceptors (Lipinski definition) is 5. The van der Waals surface area contributed by atoms with E-state index in [1.54, 1.807) is 18.3 Å². The summed E-state index contributed by atoms with van der Waals surface area (Å²) in [5, 5.41) is 17.7. The Morgan fingerprint density at radius 2 is 1.62 bits per heavy atom. The van der Waals surface area contributed by atoms with Crippen molar-refractivity contribution in [3.8, 4) is 5.88 Å². The summed E-state index contributed by atoms with van der Waals surface area (Å²) in [6.07, 6.45) is 2.17. The Hall–Kier alpha value is -1.66. The Kier molecular flexibility index (Phi) is 40.8. The van der Waals surface area contributed by atoms with Crippen LogP contribution in [0.1, 0.15) is 41.5 Å². The van der Waals surface area contributed by atoms with Crippen molar-refractivity contribution >= 4 is 12.1 Å². The predicted molar refractivity (Wildman–Crippen MR) is 88.7 cm³/mol. The minimum absolute atomic E-state index is 0.125. The summed E-state index contributed by atoms with van der Waals surface area (Å²) in [4.78, 5) is 13.9. The van der Waals surface area contributed by atoms with E-state index in [-0.39, 0.29) is 13.2 Å². The Morgan fingerprint density at radius 3 is 1.95 bits per heavy atom. The van der Waals surface area contributed by atoms with Crippen LogP contribution in [0.15, 0.2) is 18.3 Å². The molecular weight excluding hydrogens is 272 g/mol. The molecule has 0 aromatic carbocycles. The van der Waals surface area contributed by atoms with Gasteiger partial charge in [0.1, 0.15) is 0 Å². The Bertz CT molecular complexity index is 282.